The molecule has 1 rings (SSSR count). The molecule has 18 heavy (non-hydrogen) atoms. The van der Waals surface area contributed by atoms with Gasteiger partial charge < -0.3 is 32.4 Å². The zero-order chi connectivity index (χ0) is 13.3. The van der Waals surface area contributed by atoms with Crippen molar-refractivity contribution in [3.63, 3.8) is 0 Å². The summed E-state index contributed by atoms with van der Waals surface area (Å²) in [4.78, 5) is 28.7. The largest absolute Gasteiger partial charge is 1.00 e. The van der Waals surface area contributed by atoms with E-state index in [0.717, 1.165) is 0 Å². The topological polar surface area (TPSA) is 119 Å². The number of aliphatic carboxylic acids is 1. The van der Waals surface area contributed by atoms with Crippen molar-refractivity contribution < 1.29 is 46.3 Å². The molecule has 0 aromatic carbocycles. The lowest BCUT2D eigenvalue weighted by Gasteiger charge is -2.22. The lowest BCUT2D eigenvalue weighted by atomic mass is 10.1. The maximum atomic E-state index is 11.1. The van der Waals surface area contributed by atoms with Crippen molar-refractivity contribution >= 4 is 13.6 Å². The number of aliphatic hydroxyl groups is 1. The van der Waals surface area contributed by atoms with E-state index < -0.39 is 25.3 Å². The smallest absolute Gasteiger partial charge is 0.369 e. The van der Waals surface area contributed by atoms with Gasteiger partial charge in [0.05, 0.1) is 6.42 Å². The molecule has 102 valence electrons. The molecule has 9 heteroatoms. The molecule has 0 aliphatic carbocycles. The lowest BCUT2D eigenvalue weighted by Crippen LogP contribution is -3.00. The van der Waals surface area contributed by atoms with Crippen molar-refractivity contribution in [1.29, 1.82) is 0 Å². The van der Waals surface area contributed by atoms with Crippen molar-refractivity contribution in [1.82, 2.24) is 0 Å². The Morgan fingerprint density at radius 3 is 2.39 bits per heavy atom. The van der Waals surface area contributed by atoms with Gasteiger partial charge in [-0.3, -0.25) is 4.57 Å². The number of carbonyl (C=O) groups is 1. The van der Waals surface area contributed by atoms with Crippen LogP contribution in [0.3, 0.4) is 0 Å². The molecule has 0 bridgehead atoms. The van der Waals surface area contributed by atoms with Gasteiger partial charge in [0, 0.05) is 12.1 Å². The van der Waals surface area contributed by atoms with E-state index >= 15 is 0 Å². The highest BCUT2D eigenvalue weighted by Crippen LogP contribution is 2.50. The summed E-state index contributed by atoms with van der Waals surface area (Å²) >= 11 is 0. The maximum absolute atomic E-state index is 11.1. The van der Waals surface area contributed by atoms with Crippen LogP contribution in [0.15, 0.2) is 24.4 Å². The average molecular weight is 298 g/mol. The minimum atomic E-state index is -5.19. The number of hydrogen-bond donors (Lipinski definition) is 4. The predicted octanol–water partition coefficient (Wildman–Crippen LogP) is -3.99. The van der Waals surface area contributed by atoms with Crippen molar-refractivity contribution in [2.45, 2.75) is 11.8 Å². The molecule has 0 aliphatic heterocycles. The molecule has 0 radical (unpaired) electrons. The summed E-state index contributed by atoms with van der Waals surface area (Å²) in [5.74, 6) is -1.95. The molecule has 1 aromatic heterocycles. The minimum Gasteiger partial charge on any atom is -1.00 e. The monoisotopic (exact) mass is 297 g/mol. The summed E-state index contributed by atoms with van der Waals surface area (Å²) in [6.07, 6.45) is 0.904. The Bertz CT molecular complexity index is 490. The van der Waals surface area contributed by atoms with Crippen LogP contribution < -0.4 is 17.0 Å². The number of nitrogens with zero attached hydrogens (tertiary/aromatic N) is 1. The molecule has 7 nitrogen and oxygen atoms in total. The van der Waals surface area contributed by atoms with Gasteiger partial charge in [-0.1, -0.05) is 6.07 Å². The molecule has 0 saturated carbocycles. The fourth-order valence-corrected chi connectivity index (χ4v) is 1.92. The van der Waals surface area contributed by atoms with Gasteiger partial charge in [-0.15, -0.1) is 0 Å². The lowest BCUT2D eigenvalue weighted by molar-refractivity contribution is -0.679. The van der Waals surface area contributed by atoms with Crippen molar-refractivity contribution in [2.24, 2.45) is 7.05 Å². The molecule has 1 aromatic rings. The van der Waals surface area contributed by atoms with E-state index in [1.54, 1.807) is 25.4 Å². The van der Waals surface area contributed by atoms with Gasteiger partial charge in [0.2, 0.25) is 0 Å². The second-order valence-electron chi connectivity index (χ2n) is 3.65. The van der Waals surface area contributed by atoms with E-state index in [-0.39, 0.29) is 12.4 Å². The Kier molecular flexibility index (Phi) is 5.46. The van der Waals surface area contributed by atoms with E-state index in [1.807, 2.05) is 0 Å². The maximum Gasteiger partial charge on any atom is 0.369 e. The van der Waals surface area contributed by atoms with E-state index in [1.165, 1.54) is 10.6 Å². The highest BCUT2D eigenvalue weighted by Gasteiger charge is 2.54. The SMILES string of the molecule is C[n+]1ccccc1CC(O)(C(=O)O)P(=O)(O)O.[Cl-]. The fraction of sp³-hybridized carbons (Fsp3) is 0.333. The molecule has 1 unspecified atom stereocenters. The van der Waals surface area contributed by atoms with E-state index in [9.17, 15) is 14.5 Å². The summed E-state index contributed by atoms with van der Waals surface area (Å²) in [5.41, 5.74) is 0.292. The number of rotatable bonds is 4. The molecule has 0 aliphatic rings. The van der Waals surface area contributed by atoms with Crippen molar-refractivity contribution in [3.05, 3.63) is 30.1 Å². The van der Waals surface area contributed by atoms with Crippen LogP contribution in [-0.2, 0) is 22.8 Å². The quantitative estimate of drug-likeness (QED) is 0.332. The Morgan fingerprint density at radius 2 is 2.00 bits per heavy atom. The van der Waals surface area contributed by atoms with Crippen LogP contribution in [0.25, 0.3) is 0 Å². The van der Waals surface area contributed by atoms with Crippen LogP contribution in [0.5, 0.6) is 0 Å². The molecular weight excluding hydrogens is 285 g/mol. The first-order valence-electron chi connectivity index (χ1n) is 4.63. The van der Waals surface area contributed by atoms with E-state index in [2.05, 4.69) is 0 Å². The Hall–Kier alpha value is -0.980. The number of carboxylic acid groups (broad SMARTS) is 1. The van der Waals surface area contributed by atoms with Gasteiger partial charge in [0.25, 0.3) is 5.34 Å². The number of hydrogen-bond acceptors (Lipinski definition) is 3. The zero-order valence-corrected chi connectivity index (χ0v) is 11.0. The van der Waals surface area contributed by atoms with Gasteiger partial charge in [0.1, 0.15) is 7.05 Å². The average Bonchev–Trinajstić information content (AvgIpc) is 2.19. The van der Waals surface area contributed by atoms with Crippen LogP contribution in [0.1, 0.15) is 5.69 Å². The van der Waals surface area contributed by atoms with E-state index in [4.69, 9.17) is 14.9 Å². The number of pyridine rings is 1. The highest BCUT2D eigenvalue weighted by molar-refractivity contribution is 7.54. The zero-order valence-electron chi connectivity index (χ0n) is 9.39. The van der Waals surface area contributed by atoms with Gasteiger partial charge >= 0.3 is 13.6 Å². The van der Waals surface area contributed by atoms with Gasteiger partial charge in [-0.05, 0) is 0 Å². The van der Waals surface area contributed by atoms with Gasteiger partial charge in [0.15, 0.2) is 11.9 Å². The molecular formula is C9H13ClNO6P. The number of aryl methyl sites for hydroxylation is 1. The third-order valence-electron chi connectivity index (χ3n) is 2.41. The summed E-state index contributed by atoms with van der Waals surface area (Å²) in [6, 6.07) is 4.72. The summed E-state index contributed by atoms with van der Waals surface area (Å²) in [6.45, 7) is 0. The summed E-state index contributed by atoms with van der Waals surface area (Å²) in [5, 5.41) is 15.3. The normalized spacial score (nSPS) is 14.4. The number of carboxylic acids is 1. The van der Waals surface area contributed by atoms with Gasteiger partial charge in [-0.25, -0.2) is 9.36 Å². The second kappa shape index (κ2) is 5.77. The Morgan fingerprint density at radius 1 is 1.44 bits per heavy atom. The number of aromatic nitrogens is 1. The molecule has 0 saturated heterocycles. The molecule has 4 N–H and O–H groups in total. The van der Waals surface area contributed by atoms with Crippen molar-refractivity contribution in [3.8, 4) is 0 Å². The molecule has 0 amide bonds. The Labute approximate surface area is 109 Å². The second-order valence-corrected chi connectivity index (χ2v) is 5.47. The fourth-order valence-electron chi connectivity index (χ4n) is 1.30. The standard InChI is InChI=1S/C9H12NO6P.ClH/c1-10-5-3-2-4-7(10)6-9(13,8(11)12)17(14,15)16;/h2-5,13H,6H2,1H3,(H2-,11,12,14,15,16);1H. The predicted molar refractivity (Wildman–Crippen MR) is 56.0 cm³/mol. The van der Waals surface area contributed by atoms with Crippen LogP contribution in [0, 0.1) is 0 Å². The molecule has 0 spiro atoms. The molecule has 1 atom stereocenters. The highest BCUT2D eigenvalue weighted by atomic mass is 35.5. The third kappa shape index (κ3) is 3.28. The summed E-state index contributed by atoms with van der Waals surface area (Å²) < 4.78 is 12.5. The van der Waals surface area contributed by atoms with Crippen molar-refractivity contribution in [2.75, 3.05) is 0 Å². The van der Waals surface area contributed by atoms with Gasteiger partial charge in [-0.2, -0.15) is 0 Å². The van der Waals surface area contributed by atoms with Crippen LogP contribution >= 0.6 is 7.60 Å². The first kappa shape index (κ1) is 17.0. The summed E-state index contributed by atoms with van der Waals surface area (Å²) in [7, 11) is -3.61. The van der Waals surface area contributed by atoms with Crippen LogP contribution in [-0.4, -0.2) is 31.3 Å². The van der Waals surface area contributed by atoms with E-state index in [0.29, 0.717) is 5.69 Å². The van der Waals surface area contributed by atoms with Crippen LogP contribution in [0.4, 0.5) is 0 Å². The third-order valence-corrected chi connectivity index (χ3v) is 3.73. The molecule has 0 fully saturated rings. The molecule has 1 heterocycles. The Balaban J connectivity index is 0.00000289. The minimum absolute atomic E-state index is 0. The van der Waals surface area contributed by atoms with Crippen LogP contribution in [0.2, 0.25) is 0 Å². The first-order chi connectivity index (χ1) is 7.68. The number of halogens is 1. The first-order valence-corrected chi connectivity index (χ1v) is 6.24.